The van der Waals surface area contributed by atoms with E-state index in [0.717, 1.165) is 47.3 Å². The molecule has 2 heterocycles. The molecular weight excluding hydrogens is 526 g/mol. The molecular formula is C31H35N3O3S2. The molecule has 0 saturated heterocycles. The van der Waals surface area contributed by atoms with E-state index in [-0.39, 0.29) is 22.6 Å². The van der Waals surface area contributed by atoms with Gasteiger partial charge in [-0.15, -0.1) is 11.3 Å². The van der Waals surface area contributed by atoms with Gasteiger partial charge in [0.15, 0.2) is 5.16 Å². The molecule has 0 bridgehead atoms. The van der Waals surface area contributed by atoms with Gasteiger partial charge in [-0.2, -0.15) is 0 Å². The third-order valence-electron chi connectivity index (χ3n) is 8.06. The summed E-state index contributed by atoms with van der Waals surface area (Å²) in [5, 5.41) is 4.14. The number of aromatic nitrogens is 2. The van der Waals surface area contributed by atoms with Crippen LogP contribution in [0.4, 0.5) is 5.69 Å². The Morgan fingerprint density at radius 1 is 1.21 bits per heavy atom. The SMILES string of the molecule is CCC(C)(C)C1CCc2c(sc3nc(SCC(=O)Nc4ccc(C)cc4)n(-c4ccccc4OC)c(=O)c23)C1. The molecule has 39 heavy (non-hydrogen) atoms. The van der Waals surface area contributed by atoms with Crippen LogP contribution in [-0.4, -0.2) is 28.3 Å². The predicted octanol–water partition coefficient (Wildman–Crippen LogP) is 7.04. The van der Waals surface area contributed by atoms with E-state index in [1.165, 1.54) is 16.6 Å². The number of amides is 1. The molecule has 204 valence electrons. The first-order chi connectivity index (χ1) is 18.7. The highest BCUT2D eigenvalue weighted by atomic mass is 32.2. The van der Waals surface area contributed by atoms with Crippen molar-refractivity contribution in [1.29, 1.82) is 0 Å². The third kappa shape index (κ3) is 5.50. The number of nitrogens with one attached hydrogen (secondary N) is 1. The molecule has 6 nitrogen and oxygen atoms in total. The Labute approximate surface area is 237 Å². The number of thiophene rings is 1. The smallest absolute Gasteiger partial charge is 0.267 e. The molecule has 1 unspecified atom stereocenters. The number of hydrogen-bond donors (Lipinski definition) is 1. The molecule has 5 rings (SSSR count). The van der Waals surface area contributed by atoms with Gasteiger partial charge in [0, 0.05) is 10.6 Å². The summed E-state index contributed by atoms with van der Waals surface area (Å²) >= 11 is 2.91. The third-order valence-corrected chi connectivity index (χ3v) is 10.1. The zero-order valence-corrected chi connectivity index (χ0v) is 24.8. The van der Waals surface area contributed by atoms with Gasteiger partial charge in [0.25, 0.3) is 5.56 Å². The number of carbonyl (C=O) groups excluding carboxylic acids is 1. The quantitative estimate of drug-likeness (QED) is 0.185. The van der Waals surface area contributed by atoms with Crippen LogP contribution in [0.15, 0.2) is 58.5 Å². The molecule has 1 amide bonds. The van der Waals surface area contributed by atoms with Gasteiger partial charge in [-0.1, -0.05) is 68.8 Å². The fraction of sp³-hybridized carbons (Fsp3) is 0.387. The zero-order valence-electron chi connectivity index (χ0n) is 23.2. The average molecular weight is 562 g/mol. The summed E-state index contributed by atoms with van der Waals surface area (Å²) in [5.74, 6) is 1.14. The molecule has 0 fully saturated rings. The summed E-state index contributed by atoms with van der Waals surface area (Å²) in [7, 11) is 1.60. The molecule has 4 aromatic rings. The Morgan fingerprint density at radius 2 is 1.95 bits per heavy atom. The first-order valence-electron chi connectivity index (χ1n) is 13.4. The molecule has 1 aliphatic carbocycles. The summed E-state index contributed by atoms with van der Waals surface area (Å²) < 4.78 is 7.25. The van der Waals surface area contributed by atoms with Crippen LogP contribution in [0.25, 0.3) is 15.9 Å². The number of nitrogens with zero attached hydrogens (tertiary/aromatic N) is 2. The normalized spacial score (nSPS) is 15.3. The van der Waals surface area contributed by atoms with Gasteiger partial charge in [0.05, 0.1) is 23.9 Å². The van der Waals surface area contributed by atoms with Crippen LogP contribution < -0.4 is 15.6 Å². The van der Waals surface area contributed by atoms with E-state index in [1.54, 1.807) is 23.0 Å². The second kappa shape index (κ2) is 11.2. The minimum absolute atomic E-state index is 0.100. The Bertz CT molecular complexity index is 1570. The Hall–Kier alpha value is -3.10. The minimum Gasteiger partial charge on any atom is -0.495 e. The Morgan fingerprint density at radius 3 is 2.67 bits per heavy atom. The van der Waals surface area contributed by atoms with Gasteiger partial charge in [0.1, 0.15) is 10.6 Å². The first kappa shape index (κ1) is 27.5. The molecule has 1 aliphatic rings. The fourth-order valence-electron chi connectivity index (χ4n) is 5.25. The maximum atomic E-state index is 14.2. The predicted molar refractivity (Wildman–Crippen MR) is 162 cm³/mol. The number of ether oxygens (including phenoxy) is 1. The number of carbonyl (C=O) groups is 1. The molecule has 8 heteroatoms. The average Bonchev–Trinajstić information content (AvgIpc) is 3.31. The van der Waals surface area contributed by atoms with E-state index >= 15 is 0 Å². The molecule has 0 radical (unpaired) electrons. The van der Waals surface area contributed by atoms with Gasteiger partial charge < -0.3 is 10.1 Å². The van der Waals surface area contributed by atoms with Crippen LogP contribution in [0.1, 0.15) is 49.6 Å². The van der Waals surface area contributed by atoms with Crippen molar-refractivity contribution in [2.45, 2.75) is 58.5 Å². The number of hydrogen-bond acceptors (Lipinski definition) is 6. The maximum absolute atomic E-state index is 14.2. The van der Waals surface area contributed by atoms with E-state index in [4.69, 9.17) is 9.72 Å². The molecule has 0 saturated carbocycles. The first-order valence-corrected chi connectivity index (χ1v) is 15.2. The monoisotopic (exact) mass is 561 g/mol. The zero-order chi connectivity index (χ0) is 27.7. The summed E-state index contributed by atoms with van der Waals surface area (Å²) in [6.45, 7) is 8.96. The lowest BCUT2D eigenvalue weighted by Gasteiger charge is -2.36. The highest BCUT2D eigenvalue weighted by Gasteiger charge is 2.34. The van der Waals surface area contributed by atoms with Gasteiger partial charge in [-0.3, -0.25) is 14.2 Å². The van der Waals surface area contributed by atoms with Crippen molar-refractivity contribution < 1.29 is 9.53 Å². The standard InChI is InChI=1S/C31H35N3O3S2/c1-6-31(3,4)20-13-16-22-25(17-20)39-28-27(22)29(36)34(23-9-7-8-10-24(23)37-5)30(33-28)38-18-26(35)32-21-14-11-19(2)12-15-21/h7-12,14-15,20H,6,13,16-18H2,1-5H3,(H,32,35). The summed E-state index contributed by atoms with van der Waals surface area (Å²) in [6, 6.07) is 15.2. The molecule has 0 spiro atoms. The van der Waals surface area contributed by atoms with Crippen molar-refractivity contribution in [2.75, 3.05) is 18.2 Å². The number of aryl methyl sites for hydroxylation is 2. The second-order valence-corrected chi connectivity index (χ2v) is 12.9. The van der Waals surface area contributed by atoms with Crippen molar-refractivity contribution in [2.24, 2.45) is 11.3 Å². The number of anilines is 1. The number of methoxy groups -OCH3 is 1. The topological polar surface area (TPSA) is 73.2 Å². The number of rotatable bonds is 8. The van der Waals surface area contributed by atoms with Gasteiger partial charge in [-0.25, -0.2) is 4.98 Å². The van der Waals surface area contributed by atoms with E-state index in [1.807, 2.05) is 55.5 Å². The minimum atomic E-state index is -0.153. The van der Waals surface area contributed by atoms with Crippen molar-refractivity contribution in [3.8, 4) is 11.4 Å². The van der Waals surface area contributed by atoms with Crippen LogP contribution in [0, 0.1) is 18.3 Å². The lowest BCUT2D eigenvalue weighted by molar-refractivity contribution is -0.113. The highest BCUT2D eigenvalue weighted by molar-refractivity contribution is 7.99. The van der Waals surface area contributed by atoms with Crippen molar-refractivity contribution in [3.05, 3.63) is 74.9 Å². The van der Waals surface area contributed by atoms with Crippen LogP contribution in [0.2, 0.25) is 0 Å². The van der Waals surface area contributed by atoms with E-state index in [2.05, 4.69) is 26.1 Å². The van der Waals surface area contributed by atoms with E-state index in [0.29, 0.717) is 27.9 Å². The molecule has 2 aromatic carbocycles. The molecule has 1 N–H and O–H groups in total. The van der Waals surface area contributed by atoms with Gasteiger partial charge in [0.2, 0.25) is 5.91 Å². The Kier molecular flexibility index (Phi) is 7.87. The summed E-state index contributed by atoms with van der Waals surface area (Å²) in [4.78, 5) is 34.1. The second-order valence-electron chi connectivity index (χ2n) is 10.9. The summed E-state index contributed by atoms with van der Waals surface area (Å²) in [5.41, 5.74) is 3.80. The van der Waals surface area contributed by atoms with Crippen molar-refractivity contribution >= 4 is 44.9 Å². The maximum Gasteiger partial charge on any atom is 0.267 e. The Balaban J connectivity index is 1.55. The van der Waals surface area contributed by atoms with Gasteiger partial charge >= 0.3 is 0 Å². The molecule has 0 aliphatic heterocycles. The fourth-order valence-corrected chi connectivity index (χ4v) is 7.40. The molecule has 1 atom stereocenters. The number of benzene rings is 2. The van der Waals surface area contributed by atoms with Gasteiger partial charge in [-0.05, 0) is 67.3 Å². The van der Waals surface area contributed by atoms with Crippen LogP contribution in [-0.2, 0) is 17.6 Å². The van der Waals surface area contributed by atoms with Crippen molar-refractivity contribution in [3.63, 3.8) is 0 Å². The number of thioether (sulfide) groups is 1. The largest absolute Gasteiger partial charge is 0.495 e. The number of para-hydroxylation sites is 2. The van der Waals surface area contributed by atoms with E-state index < -0.39 is 0 Å². The highest BCUT2D eigenvalue weighted by Crippen LogP contribution is 2.44. The summed E-state index contributed by atoms with van der Waals surface area (Å²) in [6.07, 6.45) is 4.07. The van der Waals surface area contributed by atoms with Crippen LogP contribution in [0.5, 0.6) is 5.75 Å². The van der Waals surface area contributed by atoms with Crippen LogP contribution in [0.3, 0.4) is 0 Å². The number of fused-ring (bicyclic) bond motifs is 3. The lowest BCUT2D eigenvalue weighted by Crippen LogP contribution is -2.29. The lowest BCUT2D eigenvalue weighted by atomic mass is 9.70. The molecule has 2 aromatic heterocycles. The van der Waals surface area contributed by atoms with Crippen LogP contribution >= 0.6 is 23.1 Å². The van der Waals surface area contributed by atoms with E-state index in [9.17, 15) is 9.59 Å². The van der Waals surface area contributed by atoms with Crippen molar-refractivity contribution in [1.82, 2.24) is 9.55 Å².